The lowest BCUT2D eigenvalue weighted by molar-refractivity contribution is -0.138. The van der Waals surface area contributed by atoms with Crippen LogP contribution in [-0.2, 0) is 16.1 Å². The average molecular weight is 357 g/mol. The van der Waals surface area contributed by atoms with Crippen molar-refractivity contribution in [2.24, 2.45) is 5.73 Å². The molecule has 1 aromatic heterocycles. The number of likely N-dealkylation sites (N-methyl/N-ethyl adjacent to an activating group) is 1. The van der Waals surface area contributed by atoms with E-state index in [0.717, 1.165) is 0 Å². The third kappa shape index (κ3) is 3.60. The number of likely N-dealkylation sites (tertiary alicyclic amines) is 1. The Labute approximate surface area is 151 Å². The monoisotopic (exact) mass is 357 g/mol. The summed E-state index contributed by atoms with van der Waals surface area (Å²) in [5.41, 5.74) is 6.39. The van der Waals surface area contributed by atoms with Gasteiger partial charge in [0.2, 0.25) is 11.8 Å². The SMILES string of the molecule is CCNC(=O)[C@@H]1C[C@H](N)CN1C(=O)CCn1cnc2ccccc2c1=O. The molecule has 8 heteroatoms. The van der Waals surface area contributed by atoms with Crippen molar-refractivity contribution in [2.75, 3.05) is 13.1 Å². The number of hydrogen-bond acceptors (Lipinski definition) is 5. The maximum absolute atomic E-state index is 12.6. The van der Waals surface area contributed by atoms with Crippen LogP contribution in [0.3, 0.4) is 0 Å². The highest BCUT2D eigenvalue weighted by Gasteiger charge is 2.37. The van der Waals surface area contributed by atoms with Crippen molar-refractivity contribution in [1.82, 2.24) is 19.8 Å². The van der Waals surface area contributed by atoms with Crippen LogP contribution < -0.4 is 16.6 Å². The second-order valence-electron chi connectivity index (χ2n) is 6.46. The molecule has 2 aromatic rings. The highest BCUT2D eigenvalue weighted by atomic mass is 16.2. The van der Waals surface area contributed by atoms with Crippen molar-refractivity contribution in [3.05, 3.63) is 40.9 Å². The normalized spacial score (nSPS) is 19.7. The molecule has 2 amide bonds. The van der Waals surface area contributed by atoms with Crippen molar-refractivity contribution >= 4 is 22.7 Å². The van der Waals surface area contributed by atoms with Gasteiger partial charge in [-0.15, -0.1) is 0 Å². The largest absolute Gasteiger partial charge is 0.355 e. The van der Waals surface area contributed by atoms with E-state index >= 15 is 0 Å². The molecule has 0 aliphatic carbocycles. The molecular formula is C18H23N5O3. The second-order valence-corrected chi connectivity index (χ2v) is 6.46. The summed E-state index contributed by atoms with van der Waals surface area (Å²) in [6.07, 6.45) is 2.02. The van der Waals surface area contributed by atoms with E-state index in [9.17, 15) is 14.4 Å². The molecule has 3 rings (SSSR count). The molecule has 26 heavy (non-hydrogen) atoms. The first-order chi connectivity index (χ1) is 12.5. The van der Waals surface area contributed by atoms with Gasteiger partial charge < -0.3 is 16.0 Å². The maximum atomic E-state index is 12.6. The van der Waals surface area contributed by atoms with E-state index in [1.165, 1.54) is 15.8 Å². The van der Waals surface area contributed by atoms with Crippen LogP contribution in [0.5, 0.6) is 0 Å². The number of fused-ring (bicyclic) bond motifs is 1. The number of rotatable bonds is 5. The minimum atomic E-state index is -0.538. The number of carbonyl (C=O) groups excluding carboxylic acids is 2. The minimum Gasteiger partial charge on any atom is -0.355 e. The van der Waals surface area contributed by atoms with Crippen molar-refractivity contribution in [2.45, 2.75) is 38.4 Å². The first-order valence-corrected chi connectivity index (χ1v) is 8.78. The first-order valence-electron chi connectivity index (χ1n) is 8.78. The molecule has 3 N–H and O–H groups in total. The maximum Gasteiger partial charge on any atom is 0.261 e. The average Bonchev–Trinajstić information content (AvgIpc) is 3.03. The highest BCUT2D eigenvalue weighted by Crippen LogP contribution is 2.18. The molecule has 1 fully saturated rings. The van der Waals surface area contributed by atoms with Crippen molar-refractivity contribution in [3.8, 4) is 0 Å². The van der Waals surface area contributed by atoms with Crippen LogP contribution in [0.4, 0.5) is 0 Å². The molecule has 138 valence electrons. The smallest absolute Gasteiger partial charge is 0.261 e. The molecule has 0 spiro atoms. The van der Waals surface area contributed by atoms with Crippen LogP contribution in [0.2, 0.25) is 0 Å². The van der Waals surface area contributed by atoms with E-state index in [4.69, 9.17) is 5.73 Å². The summed E-state index contributed by atoms with van der Waals surface area (Å²) in [7, 11) is 0. The molecule has 1 aliphatic rings. The summed E-state index contributed by atoms with van der Waals surface area (Å²) in [4.78, 5) is 43.0. The number of benzene rings is 1. The van der Waals surface area contributed by atoms with E-state index in [1.807, 2.05) is 13.0 Å². The lowest BCUT2D eigenvalue weighted by Gasteiger charge is -2.23. The molecule has 8 nitrogen and oxygen atoms in total. The second kappa shape index (κ2) is 7.65. The molecule has 0 bridgehead atoms. The molecule has 0 radical (unpaired) electrons. The number of carbonyl (C=O) groups is 2. The number of hydrogen-bond donors (Lipinski definition) is 2. The van der Waals surface area contributed by atoms with Gasteiger partial charge in [0, 0.05) is 32.1 Å². The third-order valence-electron chi connectivity index (χ3n) is 4.61. The summed E-state index contributed by atoms with van der Waals surface area (Å²) in [6, 6.07) is 6.34. The molecular weight excluding hydrogens is 334 g/mol. The summed E-state index contributed by atoms with van der Waals surface area (Å²) in [5.74, 6) is -0.368. The Bertz CT molecular complexity index is 879. The molecule has 0 unspecified atom stereocenters. The highest BCUT2D eigenvalue weighted by molar-refractivity contribution is 5.88. The topological polar surface area (TPSA) is 110 Å². The number of nitrogens with zero attached hydrogens (tertiary/aromatic N) is 3. The predicted octanol–water partition coefficient (Wildman–Crippen LogP) is -0.149. The van der Waals surface area contributed by atoms with E-state index in [-0.39, 0.29) is 36.4 Å². The number of nitrogens with two attached hydrogens (primary N) is 1. The van der Waals surface area contributed by atoms with Crippen LogP contribution in [0, 0.1) is 0 Å². The van der Waals surface area contributed by atoms with E-state index in [1.54, 1.807) is 18.2 Å². The molecule has 2 atom stereocenters. The Morgan fingerprint density at radius 1 is 1.35 bits per heavy atom. The van der Waals surface area contributed by atoms with Crippen LogP contribution in [0.25, 0.3) is 10.9 Å². The number of aryl methyl sites for hydroxylation is 1. The number of amides is 2. The molecule has 1 aliphatic heterocycles. The Kier molecular flexibility index (Phi) is 5.32. The first kappa shape index (κ1) is 18.1. The molecule has 1 saturated heterocycles. The van der Waals surface area contributed by atoms with Gasteiger partial charge in [-0.2, -0.15) is 0 Å². The molecule has 2 heterocycles. The van der Waals surface area contributed by atoms with Gasteiger partial charge in [-0.3, -0.25) is 19.0 Å². The summed E-state index contributed by atoms with van der Waals surface area (Å²) in [6.45, 7) is 2.90. The zero-order chi connectivity index (χ0) is 18.7. The van der Waals surface area contributed by atoms with Crippen LogP contribution in [0.1, 0.15) is 19.8 Å². The van der Waals surface area contributed by atoms with Gasteiger partial charge in [-0.1, -0.05) is 12.1 Å². The predicted molar refractivity (Wildman–Crippen MR) is 97.4 cm³/mol. The van der Waals surface area contributed by atoms with Gasteiger partial charge in [0.15, 0.2) is 0 Å². The number of para-hydroxylation sites is 1. The van der Waals surface area contributed by atoms with Gasteiger partial charge in [-0.25, -0.2) is 4.98 Å². The minimum absolute atomic E-state index is 0.114. The van der Waals surface area contributed by atoms with Crippen molar-refractivity contribution in [1.29, 1.82) is 0 Å². The zero-order valence-electron chi connectivity index (χ0n) is 14.7. The van der Waals surface area contributed by atoms with E-state index in [2.05, 4.69) is 10.3 Å². The molecule has 1 aromatic carbocycles. The Morgan fingerprint density at radius 3 is 2.88 bits per heavy atom. The third-order valence-corrected chi connectivity index (χ3v) is 4.61. The van der Waals surface area contributed by atoms with Gasteiger partial charge in [0.05, 0.1) is 17.2 Å². The van der Waals surface area contributed by atoms with E-state index in [0.29, 0.717) is 30.4 Å². The fourth-order valence-electron chi connectivity index (χ4n) is 3.31. The summed E-state index contributed by atoms with van der Waals surface area (Å²) >= 11 is 0. The van der Waals surface area contributed by atoms with Gasteiger partial charge in [0.25, 0.3) is 5.56 Å². The van der Waals surface area contributed by atoms with Crippen molar-refractivity contribution in [3.63, 3.8) is 0 Å². The van der Waals surface area contributed by atoms with Gasteiger partial charge in [0.1, 0.15) is 6.04 Å². The molecule has 0 saturated carbocycles. The summed E-state index contributed by atoms with van der Waals surface area (Å²) in [5, 5.41) is 3.26. The quantitative estimate of drug-likeness (QED) is 0.773. The lowest BCUT2D eigenvalue weighted by Crippen LogP contribution is -2.46. The lowest BCUT2D eigenvalue weighted by atomic mass is 10.1. The van der Waals surface area contributed by atoms with Crippen LogP contribution in [0.15, 0.2) is 35.4 Å². The van der Waals surface area contributed by atoms with Crippen LogP contribution >= 0.6 is 0 Å². The Balaban J connectivity index is 1.71. The van der Waals surface area contributed by atoms with Gasteiger partial charge >= 0.3 is 0 Å². The fraction of sp³-hybridized carbons (Fsp3) is 0.444. The van der Waals surface area contributed by atoms with E-state index < -0.39 is 6.04 Å². The number of nitrogens with one attached hydrogen (secondary N) is 1. The fourth-order valence-corrected chi connectivity index (χ4v) is 3.31. The zero-order valence-corrected chi connectivity index (χ0v) is 14.7. The van der Waals surface area contributed by atoms with Gasteiger partial charge in [-0.05, 0) is 25.5 Å². The van der Waals surface area contributed by atoms with Crippen molar-refractivity contribution < 1.29 is 9.59 Å². The number of aromatic nitrogens is 2. The standard InChI is InChI=1S/C18H23N5O3/c1-2-20-17(25)15-9-12(19)10-23(15)16(24)7-8-22-11-21-14-6-4-3-5-13(14)18(22)26/h3-6,11-12,15H,2,7-10,19H2,1H3,(H,20,25)/t12-,15-/m0/s1. The Hall–Kier alpha value is -2.74. The summed E-state index contributed by atoms with van der Waals surface area (Å²) < 4.78 is 1.43. The Morgan fingerprint density at radius 2 is 2.12 bits per heavy atom. The van der Waals surface area contributed by atoms with Crippen LogP contribution in [-0.4, -0.2) is 51.4 Å².